The summed E-state index contributed by atoms with van der Waals surface area (Å²) in [4.78, 5) is 11.9. The van der Waals surface area contributed by atoms with Crippen molar-refractivity contribution in [3.63, 3.8) is 0 Å². The number of ether oxygens (including phenoxy) is 1. The van der Waals surface area contributed by atoms with Crippen molar-refractivity contribution in [1.29, 1.82) is 5.26 Å². The SMILES string of the molecule is Cc1nn([C@@H]2CCS(=O)(=O)C2)c(C)c1/C=N\NC(=O)COc1ccc(C#N)cc1. The zero-order valence-corrected chi connectivity index (χ0v) is 16.9. The molecule has 152 valence electrons. The van der Waals surface area contributed by atoms with E-state index < -0.39 is 15.7 Å². The van der Waals surface area contributed by atoms with E-state index in [2.05, 4.69) is 15.6 Å². The molecule has 0 aliphatic carbocycles. The van der Waals surface area contributed by atoms with Gasteiger partial charge in [0.25, 0.3) is 5.91 Å². The van der Waals surface area contributed by atoms with Gasteiger partial charge >= 0.3 is 0 Å². The highest BCUT2D eigenvalue weighted by Crippen LogP contribution is 2.26. The number of hydrazone groups is 1. The molecule has 1 saturated heterocycles. The minimum atomic E-state index is -3.01. The molecule has 1 aromatic carbocycles. The molecule has 0 unspecified atom stereocenters. The molecule has 29 heavy (non-hydrogen) atoms. The zero-order chi connectivity index (χ0) is 21.0. The molecule has 1 amide bonds. The summed E-state index contributed by atoms with van der Waals surface area (Å²) in [5.74, 6) is 0.307. The Morgan fingerprint density at radius 3 is 2.76 bits per heavy atom. The van der Waals surface area contributed by atoms with Gasteiger partial charge in [-0.2, -0.15) is 15.5 Å². The topological polar surface area (TPSA) is 126 Å². The van der Waals surface area contributed by atoms with Crippen LogP contribution in [0.2, 0.25) is 0 Å². The van der Waals surface area contributed by atoms with Crippen LogP contribution in [0.3, 0.4) is 0 Å². The minimum absolute atomic E-state index is 0.0922. The largest absolute Gasteiger partial charge is 0.484 e. The van der Waals surface area contributed by atoms with Crippen molar-refractivity contribution in [2.45, 2.75) is 26.3 Å². The Balaban J connectivity index is 1.57. The first-order valence-corrected chi connectivity index (χ1v) is 10.8. The second kappa shape index (κ2) is 8.45. The van der Waals surface area contributed by atoms with E-state index >= 15 is 0 Å². The van der Waals surface area contributed by atoms with Gasteiger partial charge in [0, 0.05) is 11.3 Å². The number of nitrogens with zero attached hydrogens (tertiary/aromatic N) is 4. The third kappa shape index (κ3) is 5.00. The number of benzene rings is 1. The van der Waals surface area contributed by atoms with Crippen LogP contribution in [0.25, 0.3) is 0 Å². The summed E-state index contributed by atoms with van der Waals surface area (Å²) < 4.78 is 30.5. The summed E-state index contributed by atoms with van der Waals surface area (Å²) >= 11 is 0. The predicted molar refractivity (Wildman–Crippen MR) is 106 cm³/mol. The van der Waals surface area contributed by atoms with Crippen molar-refractivity contribution in [2.75, 3.05) is 18.1 Å². The molecule has 3 rings (SSSR count). The Kier molecular flexibility index (Phi) is 5.98. The highest BCUT2D eigenvalue weighted by molar-refractivity contribution is 7.91. The predicted octanol–water partition coefficient (Wildman–Crippen LogP) is 1.26. The Morgan fingerprint density at radius 1 is 1.41 bits per heavy atom. The van der Waals surface area contributed by atoms with Crippen LogP contribution < -0.4 is 10.2 Å². The number of hydrogen-bond donors (Lipinski definition) is 1. The third-order valence-electron chi connectivity index (χ3n) is 4.67. The Morgan fingerprint density at radius 2 is 2.14 bits per heavy atom. The number of aryl methyl sites for hydroxylation is 1. The molecular weight excluding hydrogens is 394 g/mol. The number of aromatic nitrogens is 2. The molecule has 2 heterocycles. The van der Waals surface area contributed by atoms with Crippen LogP contribution in [-0.2, 0) is 14.6 Å². The molecule has 1 N–H and O–H groups in total. The van der Waals surface area contributed by atoms with Gasteiger partial charge < -0.3 is 4.74 Å². The molecule has 0 bridgehead atoms. The molecule has 0 radical (unpaired) electrons. The van der Waals surface area contributed by atoms with E-state index in [1.807, 2.05) is 19.9 Å². The molecule has 10 heteroatoms. The number of rotatable bonds is 6. The molecule has 1 fully saturated rings. The molecular formula is C19H21N5O4S. The van der Waals surface area contributed by atoms with E-state index in [-0.39, 0.29) is 24.2 Å². The van der Waals surface area contributed by atoms with Gasteiger partial charge in [0.15, 0.2) is 16.4 Å². The van der Waals surface area contributed by atoms with Crippen LogP contribution in [0.1, 0.15) is 35.0 Å². The van der Waals surface area contributed by atoms with Crippen molar-refractivity contribution >= 4 is 22.0 Å². The fraction of sp³-hybridized carbons (Fsp3) is 0.368. The fourth-order valence-corrected chi connectivity index (χ4v) is 4.85. The Hall–Kier alpha value is -3.19. The number of nitriles is 1. The minimum Gasteiger partial charge on any atom is -0.484 e. The van der Waals surface area contributed by atoms with Gasteiger partial charge in [-0.05, 0) is 44.5 Å². The van der Waals surface area contributed by atoms with Crippen molar-refractivity contribution in [2.24, 2.45) is 5.10 Å². The monoisotopic (exact) mass is 415 g/mol. The third-order valence-corrected chi connectivity index (χ3v) is 6.42. The molecule has 1 aliphatic heterocycles. The summed E-state index contributed by atoms with van der Waals surface area (Å²) in [6.07, 6.45) is 2.04. The van der Waals surface area contributed by atoms with Crippen molar-refractivity contribution in [1.82, 2.24) is 15.2 Å². The summed E-state index contributed by atoms with van der Waals surface area (Å²) in [6.45, 7) is 3.44. The first-order valence-electron chi connectivity index (χ1n) is 9.00. The Labute approximate surface area is 168 Å². The average Bonchev–Trinajstić information content (AvgIpc) is 3.19. The van der Waals surface area contributed by atoms with Crippen LogP contribution in [-0.4, -0.2) is 48.4 Å². The normalized spacial score (nSPS) is 17.9. The van der Waals surface area contributed by atoms with Gasteiger partial charge in [-0.1, -0.05) is 0 Å². The van der Waals surface area contributed by atoms with Gasteiger partial charge in [0.05, 0.1) is 41.1 Å². The summed E-state index contributed by atoms with van der Waals surface area (Å²) in [5, 5.41) is 17.2. The van der Waals surface area contributed by atoms with E-state index in [1.165, 1.54) is 6.21 Å². The van der Waals surface area contributed by atoms with Crippen LogP contribution in [0, 0.1) is 25.2 Å². The number of nitrogens with one attached hydrogen (secondary N) is 1. The molecule has 1 atom stereocenters. The van der Waals surface area contributed by atoms with E-state index in [0.29, 0.717) is 23.4 Å². The quantitative estimate of drug-likeness (QED) is 0.559. The first kappa shape index (κ1) is 20.5. The van der Waals surface area contributed by atoms with Crippen molar-refractivity contribution in [3.05, 3.63) is 46.8 Å². The number of amides is 1. The summed E-state index contributed by atoms with van der Waals surface area (Å²) in [5.41, 5.74) is 5.15. The molecule has 0 saturated carbocycles. The van der Waals surface area contributed by atoms with Crippen LogP contribution in [0.15, 0.2) is 29.4 Å². The maximum Gasteiger partial charge on any atom is 0.277 e. The van der Waals surface area contributed by atoms with Crippen LogP contribution in [0.5, 0.6) is 5.75 Å². The summed E-state index contributed by atoms with van der Waals surface area (Å²) in [7, 11) is -3.01. The van der Waals surface area contributed by atoms with Crippen LogP contribution >= 0.6 is 0 Å². The summed E-state index contributed by atoms with van der Waals surface area (Å²) in [6, 6.07) is 8.26. The Bertz CT molecular complexity index is 1080. The average molecular weight is 415 g/mol. The lowest BCUT2D eigenvalue weighted by atomic mass is 10.2. The van der Waals surface area contributed by atoms with Gasteiger partial charge in [-0.15, -0.1) is 0 Å². The lowest BCUT2D eigenvalue weighted by molar-refractivity contribution is -0.123. The van der Waals surface area contributed by atoms with E-state index in [9.17, 15) is 13.2 Å². The lowest BCUT2D eigenvalue weighted by Gasteiger charge is -2.10. The van der Waals surface area contributed by atoms with Gasteiger partial charge in [0.1, 0.15) is 5.75 Å². The number of sulfone groups is 1. The van der Waals surface area contributed by atoms with Crippen molar-refractivity contribution < 1.29 is 17.9 Å². The van der Waals surface area contributed by atoms with E-state index in [0.717, 1.165) is 11.3 Å². The second-order valence-electron chi connectivity index (χ2n) is 6.80. The maximum atomic E-state index is 11.9. The molecule has 2 aromatic rings. The standard InChI is InChI=1S/C19H21N5O4S/c1-13-18(14(2)24(23-13)16-7-8-29(26,27)12-16)10-21-22-19(25)11-28-17-5-3-15(9-20)4-6-17/h3-6,10,16H,7-8,11-12H2,1-2H3,(H,22,25)/b21-10-/t16-/m1/s1. The van der Waals surface area contributed by atoms with Crippen LogP contribution in [0.4, 0.5) is 0 Å². The molecule has 0 spiro atoms. The second-order valence-corrected chi connectivity index (χ2v) is 9.03. The first-order chi connectivity index (χ1) is 13.8. The van der Waals surface area contributed by atoms with E-state index in [1.54, 1.807) is 28.9 Å². The number of carbonyl (C=O) groups excluding carboxylic acids is 1. The van der Waals surface area contributed by atoms with Gasteiger partial charge in [-0.3, -0.25) is 9.48 Å². The fourth-order valence-electron chi connectivity index (χ4n) is 3.16. The van der Waals surface area contributed by atoms with Crippen molar-refractivity contribution in [3.8, 4) is 11.8 Å². The van der Waals surface area contributed by atoms with E-state index in [4.69, 9.17) is 10.00 Å². The van der Waals surface area contributed by atoms with Gasteiger partial charge in [-0.25, -0.2) is 13.8 Å². The molecule has 1 aliphatic rings. The maximum absolute atomic E-state index is 11.9. The number of carbonyl (C=O) groups is 1. The smallest absolute Gasteiger partial charge is 0.277 e. The van der Waals surface area contributed by atoms with Gasteiger partial charge in [0.2, 0.25) is 0 Å². The molecule has 1 aromatic heterocycles. The highest BCUT2D eigenvalue weighted by Gasteiger charge is 2.31. The zero-order valence-electron chi connectivity index (χ0n) is 16.1. The highest BCUT2D eigenvalue weighted by atomic mass is 32.2. The lowest BCUT2D eigenvalue weighted by Crippen LogP contribution is -2.24. The molecule has 9 nitrogen and oxygen atoms in total. The number of hydrogen-bond acceptors (Lipinski definition) is 7.